The van der Waals surface area contributed by atoms with E-state index >= 15 is 0 Å². The molecule has 20 nitrogen and oxygen atoms in total. The standard InChI is InChI=1S/C49H64N12O8/c1-30-41(62)58-37(28-33-18-9-4-10-19-33)47(68)61-25-13-22-40(61)48(69)60-24-12-21-39(60)46(67)55-34(20-11-23-53-49(51)52)42(63)56-35(26-31-14-5-2-6-15-31)43(64)57-36(27-32-16-7-3-8-17-32)44(65)59-38(29-50)45(66)54-30/h2-10,14-19,30,34-40H,11-13,20-29,50H2,1H3,(H,54,66)(H,55,67)(H,56,63)(H,57,64)(H,58,62)(H,59,65)(H4,51,52,53)/t30-,34+,35-,36-,37-,38-,39-,40+/m0/s1. The number of hydrogen-bond donors (Lipinski definition) is 10. The van der Waals surface area contributed by atoms with Gasteiger partial charge in [-0.3, -0.25) is 43.8 Å². The second kappa shape index (κ2) is 24.6. The summed E-state index contributed by atoms with van der Waals surface area (Å²) in [5.74, 6) is -5.59. The van der Waals surface area contributed by atoms with Crippen molar-refractivity contribution in [2.45, 2.75) is 113 Å². The molecule has 12 N–H and O–H groups in total. The first-order chi connectivity index (χ1) is 33.2. The molecule has 0 bridgehead atoms. The van der Waals surface area contributed by atoms with Crippen LogP contribution in [0, 0.1) is 5.41 Å². The highest BCUT2D eigenvalue weighted by Crippen LogP contribution is 2.26. The smallest absolute Gasteiger partial charge is 0.246 e. The first-order valence-electron chi connectivity index (χ1n) is 23.5. The van der Waals surface area contributed by atoms with E-state index in [4.69, 9.17) is 16.9 Å². The maximum atomic E-state index is 14.6. The summed E-state index contributed by atoms with van der Waals surface area (Å²) >= 11 is 0. The van der Waals surface area contributed by atoms with Crippen LogP contribution in [-0.4, -0.2) is 138 Å². The van der Waals surface area contributed by atoms with Gasteiger partial charge in [0, 0.05) is 45.4 Å². The average Bonchev–Trinajstić information content (AvgIpc) is 4.05. The van der Waals surface area contributed by atoms with Crippen molar-refractivity contribution in [3.8, 4) is 0 Å². The van der Waals surface area contributed by atoms with Crippen LogP contribution in [-0.2, 0) is 57.6 Å². The van der Waals surface area contributed by atoms with Crippen LogP contribution in [0.2, 0.25) is 0 Å². The number of guanidine groups is 1. The molecule has 3 aliphatic heterocycles. The number of nitrogens with one attached hydrogen (secondary N) is 8. The van der Waals surface area contributed by atoms with Crippen LogP contribution in [0.5, 0.6) is 0 Å². The number of carbonyl (C=O) groups is 8. The molecular weight excluding hydrogens is 885 g/mol. The Morgan fingerprint density at radius 2 is 0.971 bits per heavy atom. The number of carbonyl (C=O) groups excluding carboxylic acids is 8. The Kier molecular flexibility index (Phi) is 18.2. The molecule has 8 atom stereocenters. The molecule has 69 heavy (non-hydrogen) atoms. The molecule has 3 heterocycles. The quantitative estimate of drug-likeness (QED) is 0.0623. The van der Waals surface area contributed by atoms with Gasteiger partial charge in [-0.1, -0.05) is 91.0 Å². The molecular formula is C49H64N12O8. The summed E-state index contributed by atoms with van der Waals surface area (Å²) in [4.78, 5) is 117. The summed E-state index contributed by atoms with van der Waals surface area (Å²) in [5.41, 5.74) is 13.6. The molecule has 0 unspecified atom stereocenters. The number of fused-ring (bicyclic) bond motifs is 2. The lowest BCUT2D eigenvalue weighted by Gasteiger charge is -2.34. The summed E-state index contributed by atoms with van der Waals surface area (Å²) < 4.78 is 0. The van der Waals surface area contributed by atoms with Gasteiger partial charge in [-0.2, -0.15) is 0 Å². The molecule has 3 fully saturated rings. The van der Waals surface area contributed by atoms with Gasteiger partial charge in [-0.25, -0.2) is 0 Å². The van der Waals surface area contributed by atoms with Crippen molar-refractivity contribution in [2.75, 3.05) is 26.2 Å². The van der Waals surface area contributed by atoms with Gasteiger partial charge in [0.25, 0.3) is 0 Å². The van der Waals surface area contributed by atoms with Crippen molar-refractivity contribution in [3.63, 3.8) is 0 Å². The first kappa shape index (κ1) is 51.0. The van der Waals surface area contributed by atoms with E-state index in [1.165, 1.54) is 16.7 Å². The van der Waals surface area contributed by atoms with Crippen molar-refractivity contribution >= 4 is 53.2 Å². The van der Waals surface area contributed by atoms with E-state index < -0.39 is 102 Å². The topological polar surface area (TPSA) is 303 Å². The van der Waals surface area contributed by atoms with E-state index in [-0.39, 0.29) is 64.1 Å². The highest BCUT2D eigenvalue weighted by atomic mass is 16.2. The highest BCUT2D eigenvalue weighted by molar-refractivity contribution is 5.99. The maximum absolute atomic E-state index is 14.6. The molecule has 0 spiro atoms. The molecule has 3 aromatic rings. The normalized spacial score (nSPS) is 25.7. The highest BCUT2D eigenvalue weighted by Gasteiger charge is 2.44. The molecule has 20 heteroatoms. The number of amides is 8. The number of nitrogens with two attached hydrogens (primary N) is 2. The predicted molar refractivity (Wildman–Crippen MR) is 255 cm³/mol. The van der Waals surface area contributed by atoms with Gasteiger partial charge in [-0.15, -0.1) is 0 Å². The summed E-state index contributed by atoms with van der Waals surface area (Å²) in [6.07, 6.45) is 1.86. The van der Waals surface area contributed by atoms with Crippen molar-refractivity contribution in [1.29, 1.82) is 5.41 Å². The summed E-state index contributed by atoms with van der Waals surface area (Å²) in [5, 5.41) is 26.7. The molecule has 368 valence electrons. The minimum absolute atomic E-state index is 0.0217. The van der Waals surface area contributed by atoms with Crippen molar-refractivity contribution < 1.29 is 38.4 Å². The molecule has 0 aliphatic carbocycles. The maximum Gasteiger partial charge on any atom is 0.246 e. The minimum atomic E-state index is -1.37. The molecule has 3 saturated heterocycles. The third kappa shape index (κ3) is 14.1. The number of rotatable bonds is 11. The second-order valence-electron chi connectivity index (χ2n) is 17.7. The Balaban J connectivity index is 1.37. The lowest BCUT2D eigenvalue weighted by atomic mass is 10.0. The SMILES string of the molecule is C[C@@H]1NC(=O)[C@H](CN)NC(=O)[C@H](Cc2ccccc2)NC(=O)[C@H](Cc2ccccc2)NC(=O)[C@@H](CCCNC(=N)N)NC(=O)[C@@H]2CCCN2C(=O)[C@H]2CCCN2C(=O)[C@H](Cc2ccccc2)NC1=O. The summed E-state index contributed by atoms with van der Waals surface area (Å²) in [7, 11) is 0. The molecule has 6 rings (SSSR count). The molecule has 0 radical (unpaired) electrons. The lowest BCUT2D eigenvalue weighted by molar-refractivity contribution is -0.148. The van der Waals surface area contributed by atoms with Crippen molar-refractivity contribution in [3.05, 3.63) is 108 Å². The van der Waals surface area contributed by atoms with Crippen LogP contribution in [0.3, 0.4) is 0 Å². The van der Waals surface area contributed by atoms with Crippen molar-refractivity contribution in [2.24, 2.45) is 11.5 Å². The van der Waals surface area contributed by atoms with Crippen LogP contribution < -0.4 is 48.7 Å². The zero-order chi connectivity index (χ0) is 49.5. The molecule has 3 aliphatic rings. The average molecular weight is 949 g/mol. The Morgan fingerprint density at radius 1 is 0.551 bits per heavy atom. The second-order valence-corrected chi connectivity index (χ2v) is 17.7. The fourth-order valence-corrected chi connectivity index (χ4v) is 8.94. The monoisotopic (exact) mass is 948 g/mol. The summed E-state index contributed by atoms with van der Waals surface area (Å²) in [6.45, 7) is 1.65. The van der Waals surface area contributed by atoms with Gasteiger partial charge in [0.1, 0.15) is 48.3 Å². The Hall–Kier alpha value is -7.35. The lowest BCUT2D eigenvalue weighted by Crippen LogP contribution is -2.62. The Labute approximate surface area is 401 Å². The molecule has 3 aromatic carbocycles. The van der Waals surface area contributed by atoms with Crippen LogP contribution >= 0.6 is 0 Å². The van der Waals surface area contributed by atoms with Gasteiger partial charge < -0.3 is 58.5 Å². The third-order valence-corrected chi connectivity index (χ3v) is 12.6. The Morgan fingerprint density at radius 3 is 1.48 bits per heavy atom. The van der Waals surface area contributed by atoms with Crippen LogP contribution in [0.1, 0.15) is 62.1 Å². The zero-order valence-corrected chi connectivity index (χ0v) is 38.8. The number of hydrogen-bond acceptors (Lipinski definition) is 10. The fraction of sp³-hybridized carbons (Fsp3) is 0.449. The van der Waals surface area contributed by atoms with Crippen LogP contribution in [0.15, 0.2) is 91.0 Å². The van der Waals surface area contributed by atoms with Crippen LogP contribution in [0.25, 0.3) is 0 Å². The Bertz CT molecular complexity index is 2300. The van der Waals surface area contributed by atoms with E-state index in [9.17, 15) is 38.4 Å². The predicted octanol–water partition coefficient (Wildman–Crippen LogP) is -1.14. The van der Waals surface area contributed by atoms with Gasteiger partial charge in [0.05, 0.1) is 0 Å². The number of nitrogens with zero attached hydrogens (tertiary/aromatic N) is 2. The van der Waals surface area contributed by atoms with E-state index in [1.807, 2.05) is 6.07 Å². The van der Waals surface area contributed by atoms with Crippen LogP contribution in [0.4, 0.5) is 0 Å². The zero-order valence-electron chi connectivity index (χ0n) is 38.8. The first-order valence-corrected chi connectivity index (χ1v) is 23.5. The fourth-order valence-electron chi connectivity index (χ4n) is 8.94. The van der Waals surface area contributed by atoms with Crippen molar-refractivity contribution in [1.82, 2.24) is 47.0 Å². The van der Waals surface area contributed by atoms with E-state index in [0.717, 1.165) is 5.56 Å². The summed E-state index contributed by atoms with van der Waals surface area (Å²) in [6, 6.07) is 17.2. The third-order valence-electron chi connectivity index (χ3n) is 12.6. The van der Waals surface area contributed by atoms with E-state index in [2.05, 4.69) is 37.2 Å². The van der Waals surface area contributed by atoms with Gasteiger partial charge in [0.15, 0.2) is 5.96 Å². The van der Waals surface area contributed by atoms with Gasteiger partial charge >= 0.3 is 0 Å². The number of benzene rings is 3. The largest absolute Gasteiger partial charge is 0.370 e. The van der Waals surface area contributed by atoms with Gasteiger partial charge in [0.2, 0.25) is 47.3 Å². The van der Waals surface area contributed by atoms with Gasteiger partial charge in [-0.05, 0) is 62.1 Å². The van der Waals surface area contributed by atoms with E-state index in [0.29, 0.717) is 30.4 Å². The minimum Gasteiger partial charge on any atom is -0.370 e. The molecule has 0 saturated carbocycles. The van der Waals surface area contributed by atoms with E-state index in [1.54, 1.807) is 84.9 Å². The molecule has 8 amide bonds. The molecule has 0 aromatic heterocycles.